The van der Waals surface area contributed by atoms with E-state index in [1.807, 2.05) is 73.7 Å². The Labute approximate surface area is 168 Å². The SMILES string of the molecule is C/C(=C\c1ccccc1)C(=O)Nc1ccc(-c2nc3ccc(C)cc3n2O)cc1. The lowest BCUT2D eigenvalue weighted by atomic mass is 10.1. The Kier molecular flexibility index (Phi) is 4.87. The highest BCUT2D eigenvalue weighted by Crippen LogP contribution is 2.25. The van der Waals surface area contributed by atoms with Crippen molar-refractivity contribution in [3.05, 3.63) is 89.5 Å². The Balaban J connectivity index is 1.53. The Morgan fingerprint density at radius 2 is 1.76 bits per heavy atom. The van der Waals surface area contributed by atoms with Crippen molar-refractivity contribution in [1.29, 1.82) is 0 Å². The molecule has 0 aliphatic heterocycles. The smallest absolute Gasteiger partial charge is 0.251 e. The van der Waals surface area contributed by atoms with Crippen LogP contribution in [0.5, 0.6) is 0 Å². The summed E-state index contributed by atoms with van der Waals surface area (Å²) in [6.45, 7) is 3.75. The molecule has 0 unspecified atom stereocenters. The van der Waals surface area contributed by atoms with Gasteiger partial charge in [0, 0.05) is 16.8 Å². The quantitative estimate of drug-likeness (QED) is 0.372. The molecule has 29 heavy (non-hydrogen) atoms. The van der Waals surface area contributed by atoms with Gasteiger partial charge in [0.25, 0.3) is 5.91 Å². The molecule has 0 spiro atoms. The van der Waals surface area contributed by atoms with Gasteiger partial charge in [-0.1, -0.05) is 36.4 Å². The third-order valence-corrected chi connectivity index (χ3v) is 4.73. The lowest BCUT2D eigenvalue weighted by molar-refractivity contribution is -0.112. The maximum absolute atomic E-state index is 12.4. The zero-order valence-electron chi connectivity index (χ0n) is 16.3. The van der Waals surface area contributed by atoms with Crippen LogP contribution in [0.15, 0.2) is 78.4 Å². The molecule has 144 valence electrons. The third kappa shape index (κ3) is 3.89. The number of carbonyl (C=O) groups is 1. The Morgan fingerprint density at radius 1 is 1.03 bits per heavy atom. The van der Waals surface area contributed by atoms with E-state index in [1.165, 1.54) is 0 Å². The van der Waals surface area contributed by atoms with Crippen LogP contribution >= 0.6 is 0 Å². The van der Waals surface area contributed by atoms with Crippen molar-refractivity contribution in [1.82, 2.24) is 9.71 Å². The van der Waals surface area contributed by atoms with Crippen molar-refractivity contribution in [2.75, 3.05) is 5.32 Å². The second-order valence-corrected chi connectivity index (χ2v) is 7.01. The first kappa shape index (κ1) is 18.5. The number of aromatic nitrogens is 2. The van der Waals surface area contributed by atoms with E-state index < -0.39 is 0 Å². The second kappa shape index (κ2) is 7.64. The van der Waals surface area contributed by atoms with Crippen LogP contribution in [0.25, 0.3) is 28.5 Å². The van der Waals surface area contributed by atoms with Gasteiger partial charge in [0.15, 0.2) is 5.82 Å². The maximum Gasteiger partial charge on any atom is 0.251 e. The number of nitrogens with zero attached hydrogens (tertiary/aromatic N) is 2. The fourth-order valence-electron chi connectivity index (χ4n) is 3.16. The predicted octanol–water partition coefficient (Wildman–Crippen LogP) is 5.29. The zero-order chi connectivity index (χ0) is 20.4. The molecule has 3 aromatic carbocycles. The van der Waals surface area contributed by atoms with Crippen molar-refractivity contribution in [2.45, 2.75) is 13.8 Å². The molecular weight excluding hydrogens is 362 g/mol. The predicted molar refractivity (Wildman–Crippen MR) is 116 cm³/mol. The number of fused-ring (bicyclic) bond motifs is 1. The molecule has 0 atom stereocenters. The number of amides is 1. The Bertz CT molecular complexity index is 1210. The van der Waals surface area contributed by atoms with E-state index in [0.717, 1.165) is 26.9 Å². The van der Waals surface area contributed by atoms with Crippen molar-refractivity contribution in [3.63, 3.8) is 0 Å². The summed E-state index contributed by atoms with van der Waals surface area (Å²) < 4.78 is 1.10. The van der Waals surface area contributed by atoms with Gasteiger partial charge in [0.2, 0.25) is 0 Å². The highest BCUT2D eigenvalue weighted by Gasteiger charge is 2.12. The van der Waals surface area contributed by atoms with Crippen LogP contribution in [-0.4, -0.2) is 20.8 Å². The molecule has 4 aromatic rings. The first-order chi connectivity index (χ1) is 14.0. The molecule has 4 rings (SSSR count). The molecule has 5 heteroatoms. The molecule has 0 saturated heterocycles. The van der Waals surface area contributed by atoms with Gasteiger partial charge in [-0.05, 0) is 67.4 Å². The maximum atomic E-state index is 12.4. The van der Waals surface area contributed by atoms with Crippen LogP contribution in [-0.2, 0) is 4.79 Å². The highest BCUT2D eigenvalue weighted by atomic mass is 16.5. The molecule has 0 aliphatic rings. The lowest BCUT2D eigenvalue weighted by Gasteiger charge is -2.07. The average Bonchev–Trinajstić information content (AvgIpc) is 3.05. The summed E-state index contributed by atoms with van der Waals surface area (Å²) in [6, 6.07) is 22.7. The minimum Gasteiger partial charge on any atom is -0.426 e. The molecular formula is C24H21N3O2. The number of hydrogen-bond acceptors (Lipinski definition) is 3. The molecule has 0 aliphatic carbocycles. The van der Waals surface area contributed by atoms with Crippen molar-refractivity contribution in [3.8, 4) is 11.4 Å². The zero-order valence-corrected chi connectivity index (χ0v) is 16.3. The van der Waals surface area contributed by atoms with Gasteiger partial charge in [0.1, 0.15) is 5.52 Å². The van der Waals surface area contributed by atoms with Crippen LogP contribution in [0.1, 0.15) is 18.1 Å². The van der Waals surface area contributed by atoms with Gasteiger partial charge >= 0.3 is 0 Å². The number of imidazole rings is 1. The van der Waals surface area contributed by atoms with Crippen molar-refractivity contribution < 1.29 is 10.0 Å². The van der Waals surface area contributed by atoms with Crippen molar-refractivity contribution >= 4 is 28.7 Å². The first-order valence-electron chi connectivity index (χ1n) is 9.35. The van der Waals surface area contributed by atoms with E-state index in [0.29, 0.717) is 22.6 Å². The lowest BCUT2D eigenvalue weighted by Crippen LogP contribution is -2.12. The average molecular weight is 383 g/mol. The molecule has 0 bridgehead atoms. The molecule has 2 N–H and O–H groups in total. The van der Waals surface area contributed by atoms with Crippen LogP contribution in [0, 0.1) is 6.92 Å². The summed E-state index contributed by atoms with van der Waals surface area (Å²) in [4.78, 5) is 16.9. The monoisotopic (exact) mass is 383 g/mol. The summed E-state index contributed by atoms with van der Waals surface area (Å²) in [5.74, 6) is 0.301. The van der Waals surface area contributed by atoms with E-state index >= 15 is 0 Å². The van der Waals surface area contributed by atoms with Gasteiger partial charge < -0.3 is 10.5 Å². The normalized spacial score (nSPS) is 11.6. The number of benzene rings is 3. The number of anilines is 1. The number of aryl methyl sites for hydroxylation is 1. The van der Waals surface area contributed by atoms with E-state index in [-0.39, 0.29) is 5.91 Å². The Hall–Kier alpha value is -3.86. The van der Waals surface area contributed by atoms with Gasteiger partial charge in [-0.3, -0.25) is 4.79 Å². The van der Waals surface area contributed by atoms with Crippen LogP contribution in [0.3, 0.4) is 0 Å². The summed E-state index contributed by atoms with van der Waals surface area (Å²) in [7, 11) is 0. The molecule has 1 aromatic heterocycles. The number of carbonyl (C=O) groups excluding carboxylic acids is 1. The van der Waals surface area contributed by atoms with Gasteiger partial charge in [0.05, 0.1) is 5.52 Å². The van der Waals surface area contributed by atoms with Crippen LogP contribution in [0.2, 0.25) is 0 Å². The molecule has 1 amide bonds. The first-order valence-corrected chi connectivity index (χ1v) is 9.35. The third-order valence-electron chi connectivity index (χ3n) is 4.73. The minimum atomic E-state index is -0.161. The van der Waals surface area contributed by atoms with E-state index in [4.69, 9.17) is 0 Å². The Morgan fingerprint density at radius 3 is 2.48 bits per heavy atom. The largest absolute Gasteiger partial charge is 0.426 e. The van der Waals surface area contributed by atoms with Gasteiger partial charge in [-0.2, -0.15) is 4.73 Å². The second-order valence-electron chi connectivity index (χ2n) is 7.01. The van der Waals surface area contributed by atoms with Crippen LogP contribution < -0.4 is 5.32 Å². The standard InChI is InChI=1S/C24H21N3O2/c1-16-8-13-21-22(14-16)27(29)23(26-21)19-9-11-20(12-10-19)25-24(28)17(2)15-18-6-4-3-5-7-18/h3-15,29H,1-2H3,(H,25,28)/b17-15+. The molecule has 0 radical (unpaired) electrons. The fraction of sp³-hybridized carbons (Fsp3) is 0.0833. The summed E-state index contributed by atoms with van der Waals surface area (Å²) in [5, 5.41) is 13.4. The molecule has 1 heterocycles. The summed E-state index contributed by atoms with van der Waals surface area (Å²) in [6.07, 6.45) is 1.85. The van der Waals surface area contributed by atoms with Crippen molar-refractivity contribution in [2.24, 2.45) is 0 Å². The number of rotatable bonds is 4. The fourth-order valence-corrected chi connectivity index (χ4v) is 3.16. The topological polar surface area (TPSA) is 67.2 Å². The number of nitrogens with one attached hydrogen (secondary N) is 1. The van der Waals surface area contributed by atoms with Gasteiger partial charge in [-0.15, -0.1) is 0 Å². The van der Waals surface area contributed by atoms with E-state index in [2.05, 4.69) is 10.3 Å². The summed E-state index contributed by atoms with van der Waals surface area (Å²) in [5.41, 5.74) is 5.48. The molecule has 0 saturated carbocycles. The van der Waals surface area contributed by atoms with Gasteiger partial charge in [-0.25, -0.2) is 4.98 Å². The molecule has 5 nitrogen and oxygen atoms in total. The van der Waals surface area contributed by atoms with E-state index in [1.54, 1.807) is 19.1 Å². The molecule has 0 fully saturated rings. The summed E-state index contributed by atoms with van der Waals surface area (Å²) >= 11 is 0. The van der Waals surface area contributed by atoms with Crippen LogP contribution in [0.4, 0.5) is 5.69 Å². The minimum absolute atomic E-state index is 0.161. The number of hydrogen-bond donors (Lipinski definition) is 2. The highest BCUT2D eigenvalue weighted by molar-refractivity contribution is 6.06. The van der Waals surface area contributed by atoms with E-state index in [9.17, 15) is 10.0 Å².